The van der Waals surface area contributed by atoms with Crippen LogP contribution in [0.15, 0.2) is 23.1 Å². The van der Waals surface area contributed by atoms with Gasteiger partial charge in [0, 0.05) is 23.8 Å². The minimum Gasteiger partial charge on any atom is -0.493 e. The van der Waals surface area contributed by atoms with Crippen LogP contribution in [0.1, 0.15) is 38.2 Å². The Kier molecular flexibility index (Phi) is 6.88. The molecule has 28 heavy (non-hydrogen) atoms. The zero-order valence-corrected chi connectivity index (χ0v) is 17.4. The van der Waals surface area contributed by atoms with Crippen LogP contribution in [0.3, 0.4) is 0 Å². The van der Waals surface area contributed by atoms with Crippen LogP contribution >= 0.6 is 11.8 Å². The van der Waals surface area contributed by atoms with Gasteiger partial charge in [0.2, 0.25) is 5.91 Å². The van der Waals surface area contributed by atoms with Crippen molar-refractivity contribution in [3.8, 4) is 11.5 Å². The normalized spacial score (nSPS) is 25.6. The summed E-state index contributed by atoms with van der Waals surface area (Å²) in [6.07, 6.45) is 5.31. The van der Waals surface area contributed by atoms with E-state index in [0.29, 0.717) is 34.6 Å². The van der Waals surface area contributed by atoms with Crippen molar-refractivity contribution < 1.29 is 19.1 Å². The summed E-state index contributed by atoms with van der Waals surface area (Å²) in [4.78, 5) is 25.6. The molecule has 2 N–H and O–H groups in total. The van der Waals surface area contributed by atoms with Crippen molar-refractivity contribution >= 4 is 29.7 Å². The first kappa shape index (κ1) is 20.6. The van der Waals surface area contributed by atoms with E-state index in [1.54, 1.807) is 26.0 Å². The van der Waals surface area contributed by atoms with Gasteiger partial charge in [-0.25, -0.2) is 0 Å². The van der Waals surface area contributed by atoms with Gasteiger partial charge in [0.25, 0.3) is 5.91 Å². The molecule has 1 aliphatic carbocycles. The maximum absolute atomic E-state index is 12.6. The van der Waals surface area contributed by atoms with Crippen LogP contribution in [-0.2, 0) is 9.59 Å². The Balaban J connectivity index is 1.68. The summed E-state index contributed by atoms with van der Waals surface area (Å²) in [5.74, 6) is 1.33. The molecule has 3 rings (SSSR count). The van der Waals surface area contributed by atoms with E-state index in [0.717, 1.165) is 24.8 Å². The summed E-state index contributed by atoms with van der Waals surface area (Å²) in [7, 11) is 3.19. The number of nitrogens with one attached hydrogen (secondary N) is 2. The number of carbonyl (C=O) groups is 2. The van der Waals surface area contributed by atoms with Crippen molar-refractivity contribution in [3.05, 3.63) is 28.7 Å². The molecule has 1 aromatic carbocycles. The van der Waals surface area contributed by atoms with Gasteiger partial charge in [-0.2, -0.15) is 0 Å². The van der Waals surface area contributed by atoms with Crippen molar-refractivity contribution in [3.63, 3.8) is 0 Å². The second-order valence-corrected chi connectivity index (χ2v) is 8.44. The number of hydrogen-bond donors (Lipinski definition) is 2. The van der Waals surface area contributed by atoms with Crippen molar-refractivity contribution in [1.82, 2.24) is 10.6 Å². The fourth-order valence-corrected chi connectivity index (χ4v) is 5.01. The van der Waals surface area contributed by atoms with Gasteiger partial charge in [0.15, 0.2) is 11.5 Å². The number of methoxy groups -OCH3 is 2. The molecule has 3 unspecified atom stereocenters. The highest BCUT2D eigenvalue weighted by Gasteiger charge is 2.39. The van der Waals surface area contributed by atoms with E-state index in [2.05, 4.69) is 10.6 Å². The maximum atomic E-state index is 12.6. The largest absolute Gasteiger partial charge is 0.493 e. The van der Waals surface area contributed by atoms with E-state index in [9.17, 15) is 9.59 Å². The quantitative estimate of drug-likeness (QED) is 0.713. The number of rotatable bonds is 6. The summed E-state index contributed by atoms with van der Waals surface area (Å²) >= 11 is 1.62. The van der Waals surface area contributed by atoms with Gasteiger partial charge in [-0.3, -0.25) is 9.59 Å². The second kappa shape index (κ2) is 9.37. The fraction of sp³-hybridized carbons (Fsp3) is 0.524. The van der Waals surface area contributed by atoms with Gasteiger partial charge in [0.1, 0.15) is 0 Å². The topological polar surface area (TPSA) is 76.7 Å². The third-order valence-corrected chi connectivity index (χ3v) is 6.66. The number of ether oxygens (including phenoxy) is 2. The number of hydrogen-bond acceptors (Lipinski definition) is 5. The standard InChI is InChI=1S/C21H28N2O4S/c1-4-9-22-20(24)14-6-8-18-15(12-14)23-21(25)19(28-18)11-13-5-7-16(26-2)17(10-13)27-3/h5,7,10-11,14-15,18H,4,6,8-9,12H2,1-3H3,(H,22,24)(H,23,25)/b19-11+. The molecule has 1 saturated heterocycles. The predicted molar refractivity (Wildman–Crippen MR) is 111 cm³/mol. The van der Waals surface area contributed by atoms with Crippen LogP contribution in [0.4, 0.5) is 0 Å². The number of amides is 2. The molecular formula is C21H28N2O4S. The molecule has 7 heteroatoms. The third-order valence-electron chi connectivity index (χ3n) is 5.23. The zero-order chi connectivity index (χ0) is 20.1. The minimum absolute atomic E-state index is 0.00919. The molecule has 1 heterocycles. The molecular weight excluding hydrogens is 376 g/mol. The summed E-state index contributed by atoms with van der Waals surface area (Å²) in [5.41, 5.74) is 0.890. The number of carbonyl (C=O) groups excluding carboxylic acids is 2. The maximum Gasteiger partial charge on any atom is 0.257 e. The number of fused-ring (bicyclic) bond motifs is 1. The molecule has 0 spiro atoms. The lowest BCUT2D eigenvalue weighted by Gasteiger charge is -2.39. The van der Waals surface area contributed by atoms with Gasteiger partial charge < -0.3 is 20.1 Å². The summed E-state index contributed by atoms with van der Waals surface area (Å²) in [6, 6.07) is 5.65. The lowest BCUT2D eigenvalue weighted by atomic mass is 9.84. The molecule has 0 bridgehead atoms. The molecule has 152 valence electrons. The summed E-state index contributed by atoms with van der Waals surface area (Å²) in [5, 5.41) is 6.40. The first-order valence-electron chi connectivity index (χ1n) is 9.74. The Hall–Kier alpha value is -2.15. The fourth-order valence-electron chi connectivity index (χ4n) is 3.72. The van der Waals surface area contributed by atoms with Crippen molar-refractivity contribution in [2.75, 3.05) is 20.8 Å². The second-order valence-electron chi connectivity index (χ2n) is 7.16. The molecule has 2 aliphatic rings. The molecule has 0 radical (unpaired) electrons. The summed E-state index contributed by atoms with van der Waals surface area (Å²) < 4.78 is 10.6. The molecule has 1 saturated carbocycles. The van der Waals surface area contributed by atoms with Crippen LogP contribution in [0.5, 0.6) is 11.5 Å². The van der Waals surface area contributed by atoms with Gasteiger partial charge >= 0.3 is 0 Å². The van der Waals surface area contributed by atoms with E-state index in [1.165, 1.54) is 0 Å². The Morgan fingerprint density at radius 2 is 2.07 bits per heavy atom. The first-order chi connectivity index (χ1) is 13.5. The monoisotopic (exact) mass is 404 g/mol. The Labute approximate surface area is 170 Å². The van der Waals surface area contributed by atoms with Crippen LogP contribution in [0.25, 0.3) is 6.08 Å². The van der Waals surface area contributed by atoms with Crippen LogP contribution in [-0.4, -0.2) is 43.9 Å². The molecule has 2 amide bonds. The van der Waals surface area contributed by atoms with E-state index < -0.39 is 0 Å². The van der Waals surface area contributed by atoms with E-state index in [1.807, 2.05) is 31.2 Å². The molecule has 3 atom stereocenters. The molecule has 1 aromatic rings. The molecule has 2 fully saturated rings. The lowest BCUT2D eigenvalue weighted by molar-refractivity contribution is -0.127. The highest BCUT2D eigenvalue weighted by Crippen LogP contribution is 2.40. The highest BCUT2D eigenvalue weighted by atomic mass is 32.2. The Morgan fingerprint density at radius 3 is 2.79 bits per heavy atom. The van der Waals surface area contributed by atoms with E-state index in [4.69, 9.17) is 9.47 Å². The predicted octanol–water partition coefficient (Wildman–Crippen LogP) is 2.97. The lowest BCUT2D eigenvalue weighted by Crippen LogP contribution is -2.51. The minimum atomic E-state index is -0.0735. The molecule has 1 aliphatic heterocycles. The molecule has 6 nitrogen and oxygen atoms in total. The Bertz CT molecular complexity index is 765. The van der Waals surface area contributed by atoms with Gasteiger partial charge in [-0.15, -0.1) is 11.8 Å². The third kappa shape index (κ3) is 4.63. The molecule has 0 aromatic heterocycles. The van der Waals surface area contributed by atoms with Crippen LogP contribution < -0.4 is 20.1 Å². The van der Waals surface area contributed by atoms with Crippen molar-refractivity contribution in [1.29, 1.82) is 0 Å². The summed E-state index contributed by atoms with van der Waals surface area (Å²) in [6.45, 7) is 2.75. The van der Waals surface area contributed by atoms with Gasteiger partial charge in [-0.1, -0.05) is 13.0 Å². The van der Waals surface area contributed by atoms with Crippen LogP contribution in [0.2, 0.25) is 0 Å². The van der Waals surface area contributed by atoms with E-state index in [-0.39, 0.29) is 23.8 Å². The van der Waals surface area contributed by atoms with Gasteiger partial charge in [-0.05, 0) is 49.5 Å². The highest BCUT2D eigenvalue weighted by molar-refractivity contribution is 8.04. The average Bonchev–Trinajstić information content (AvgIpc) is 2.72. The van der Waals surface area contributed by atoms with Crippen LogP contribution in [0, 0.1) is 5.92 Å². The van der Waals surface area contributed by atoms with Gasteiger partial charge in [0.05, 0.1) is 19.1 Å². The first-order valence-corrected chi connectivity index (χ1v) is 10.6. The smallest absolute Gasteiger partial charge is 0.257 e. The average molecular weight is 405 g/mol. The van der Waals surface area contributed by atoms with Crippen molar-refractivity contribution in [2.24, 2.45) is 5.92 Å². The number of thioether (sulfide) groups is 1. The Morgan fingerprint density at radius 1 is 1.29 bits per heavy atom. The zero-order valence-electron chi connectivity index (χ0n) is 16.6. The van der Waals surface area contributed by atoms with E-state index >= 15 is 0 Å². The van der Waals surface area contributed by atoms with Crippen molar-refractivity contribution in [2.45, 2.75) is 43.9 Å². The SMILES string of the molecule is CCCNC(=O)C1CCC2S/C(=C/c3ccc(OC)c(OC)c3)C(=O)NC2C1. The number of benzene rings is 1.